The van der Waals surface area contributed by atoms with E-state index in [1.165, 1.54) is 0 Å². The van der Waals surface area contributed by atoms with E-state index >= 15 is 0 Å². The second-order valence-corrected chi connectivity index (χ2v) is 2.55. The number of piperidine rings is 1. The summed E-state index contributed by atoms with van der Waals surface area (Å²) in [5.74, 6) is -0.501. The Bertz CT molecular complexity index is 166. The Balaban J connectivity index is 2.53. The first-order valence-corrected chi connectivity index (χ1v) is 3.36. The molecule has 0 aromatic rings. The number of hydrogen-bond donors (Lipinski definition) is 1. The Morgan fingerprint density at radius 3 is 2.45 bits per heavy atom. The quantitative estimate of drug-likeness (QED) is 0.577. The van der Waals surface area contributed by atoms with Gasteiger partial charge in [-0.05, 0) is 12.8 Å². The first-order chi connectivity index (χ1) is 5.00. The molecule has 1 unspecified atom stereocenters. The predicted molar refractivity (Wildman–Crippen MR) is 31.8 cm³/mol. The molecule has 1 fully saturated rings. The van der Waals surface area contributed by atoms with Crippen molar-refractivity contribution in [1.82, 2.24) is 5.32 Å². The maximum atomic E-state index is 11.9. The molecule has 1 N–H and O–H groups in total. The molecular weight excluding hydrogens is 159 g/mol. The minimum atomic E-state index is -4.28. The molecule has 0 bridgehead atoms. The zero-order valence-electron chi connectivity index (χ0n) is 5.74. The van der Waals surface area contributed by atoms with Gasteiger partial charge in [0, 0.05) is 6.42 Å². The molecule has 5 heteroatoms. The summed E-state index contributed by atoms with van der Waals surface area (Å²) in [4.78, 5) is 10.5. The van der Waals surface area contributed by atoms with E-state index in [9.17, 15) is 18.0 Å². The minimum absolute atomic E-state index is 0.00917. The van der Waals surface area contributed by atoms with Gasteiger partial charge in [0.25, 0.3) is 0 Å². The van der Waals surface area contributed by atoms with Crippen LogP contribution in [0.4, 0.5) is 13.2 Å². The van der Waals surface area contributed by atoms with Gasteiger partial charge in [-0.15, -0.1) is 0 Å². The third-order valence-corrected chi connectivity index (χ3v) is 1.63. The molecule has 64 valence electrons. The molecule has 11 heavy (non-hydrogen) atoms. The van der Waals surface area contributed by atoms with Crippen molar-refractivity contribution in [2.24, 2.45) is 0 Å². The number of amides is 1. The smallest absolute Gasteiger partial charge is 0.344 e. The van der Waals surface area contributed by atoms with Crippen LogP contribution < -0.4 is 5.32 Å². The molecule has 1 rings (SSSR count). The average Bonchev–Trinajstić information content (AvgIpc) is 1.86. The van der Waals surface area contributed by atoms with E-state index in [0.29, 0.717) is 6.42 Å². The van der Waals surface area contributed by atoms with Crippen LogP contribution in [0.3, 0.4) is 0 Å². The highest BCUT2D eigenvalue weighted by Gasteiger charge is 2.41. The average molecular weight is 167 g/mol. The van der Waals surface area contributed by atoms with Gasteiger partial charge in [-0.25, -0.2) is 0 Å². The number of alkyl halides is 3. The number of nitrogens with one attached hydrogen (secondary N) is 1. The van der Waals surface area contributed by atoms with Crippen LogP contribution in [0.1, 0.15) is 19.3 Å². The van der Waals surface area contributed by atoms with Gasteiger partial charge in [-0.1, -0.05) is 0 Å². The Labute approximate surface area is 61.8 Å². The molecule has 1 aliphatic heterocycles. The van der Waals surface area contributed by atoms with Gasteiger partial charge in [0.1, 0.15) is 6.04 Å². The van der Waals surface area contributed by atoms with E-state index in [1.807, 2.05) is 5.32 Å². The van der Waals surface area contributed by atoms with Crippen LogP contribution >= 0.6 is 0 Å². The molecule has 1 amide bonds. The van der Waals surface area contributed by atoms with E-state index in [0.717, 1.165) is 0 Å². The largest absolute Gasteiger partial charge is 0.408 e. The second-order valence-electron chi connectivity index (χ2n) is 2.55. The number of carbonyl (C=O) groups excluding carboxylic acids is 1. The molecule has 1 heterocycles. The molecular formula is C6H8F3NO. The van der Waals surface area contributed by atoms with Crippen molar-refractivity contribution >= 4 is 5.91 Å². The third kappa shape index (κ3) is 2.10. The topological polar surface area (TPSA) is 29.1 Å². The van der Waals surface area contributed by atoms with Crippen molar-refractivity contribution in [2.45, 2.75) is 31.5 Å². The highest BCUT2D eigenvalue weighted by atomic mass is 19.4. The fourth-order valence-corrected chi connectivity index (χ4v) is 1.05. The first kappa shape index (κ1) is 8.36. The third-order valence-electron chi connectivity index (χ3n) is 1.63. The van der Waals surface area contributed by atoms with Crippen LogP contribution in [-0.2, 0) is 4.79 Å². The lowest BCUT2D eigenvalue weighted by molar-refractivity contribution is -0.166. The van der Waals surface area contributed by atoms with Gasteiger partial charge in [-0.3, -0.25) is 4.79 Å². The fourth-order valence-electron chi connectivity index (χ4n) is 1.05. The molecule has 0 saturated carbocycles. The molecule has 2 nitrogen and oxygen atoms in total. The van der Waals surface area contributed by atoms with Crippen LogP contribution in [0.15, 0.2) is 0 Å². The molecule has 0 radical (unpaired) electrons. The van der Waals surface area contributed by atoms with Gasteiger partial charge in [0.15, 0.2) is 0 Å². The SMILES string of the molecule is O=C1CCCC(C(F)(F)F)N1. The summed E-state index contributed by atoms with van der Waals surface area (Å²) in [7, 11) is 0. The number of carbonyl (C=O) groups is 1. The molecule has 0 spiro atoms. The van der Waals surface area contributed by atoms with Crippen LogP contribution in [0.5, 0.6) is 0 Å². The maximum Gasteiger partial charge on any atom is 0.408 e. The molecule has 0 aromatic heterocycles. The summed E-state index contributed by atoms with van der Waals surface area (Å²) in [6.45, 7) is 0. The van der Waals surface area contributed by atoms with Gasteiger partial charge < -0.3 is 5.32 Å². The van der Waals surface area contributed by atoms with Gasteiger partial charge in [0.05, 0.1) is 0 Å². The zero-order valence-corrected chi connectivity index (χ0v) is 5.74. The molecule has 0 aromatic carbocycles. The lowest BCUT2D eigenvalue weighted by atomic mass is 10.0. The molecule has 1 aliphatic rings. The minimum Gasteiger partial charge on any atom is -0.344 e. The second kappa shape index (κ2) is 2.71. The van der Waals surface area contributed by atoms with Crippen LogP contribution in [0.2, 0.25) is 0 Å². The number of rotatable bonds is 0. The van der Waals surface area contributed by atoms with Crippen LogP contribution in [0, 0.1) is 0 Å². The Hall–Kier alpha value is -0.740. The Kier molecular flexibility index (Phi) is 2.06. The Morgan fingerprint density at radius 1 is 1.45 bits per heavy atom. The Morgan fingerprint density at radius 2 is 2.09 bits per heavy atom. The first-order valence-electron chi connectivity index (χ1n) is 3.36. The molecule has 1 saturated heterocycles. The van der Waals surface area contributed by atoms with E-state index in [2.05, 4.69) is 0 Å². The summed E-state index contributed by atoms with van der Waals surface area (Å²) in [5.41, 5.74) is 0. The van der Waals surface area contributed by atoms with E-state index in [1.54, 1.807) is 0 Å². The van der Waals surface area contributed by atoms with Gasteiger partial charge in [-0.2, -0.15) is 13.2 Å². The zero-order chi connectivity index (χ0) is 8.48. The van der Waals surface area contributed by atoms with E-state index < -0.39 is 18.1 Å². The highest BCUT2D eigenvalue weighted by Crippen LogP contribution is 2.26. The summed E-state index contributed by atoms with van der Waals surface area (Å²) in [6.07, 6.45) is -3.73. The summed E-state index contributed by atoms with van der Waals surface area (Å²) >= 11 is 0. The van der Waals surface area contributed by atoms with Crippen molar-refractivity contribution in [3.05, 3.63) is 0 Å². The number of hydrogen-bond acceptors (Lipinski definition) is 1. The highest BCUT2D eigenvalue weighted by molar-refractivity contribution is 5.77. The maximum absolute atomic E-state index is 11.9. The van der Waals surface area contributed by atoms with Gasteiger partial charge in [0.2, 0.25) is 5.91 Å². The standard InChI is InChI=1S/C6H8F3NO/c7-6(8,9)4-2-1-3-5(11)10-4/h4H,1-3H2,(H,10,11). The van der Waals surface area contributed by atoms with Crippen LogP contribution in [0.25, 0.3) is 0 Å². The summed E-state index contributed by atoms with van der Waals surface area (Å²) in [6, 6.07) is -1.62. The monoisotopic (exact) mass is 167 g/mol. The fraction of sp³-hybridized carbons (Fsp3) is 0.833. The summed E-state index contributed by atoms with van der Waals surface area (Å²) in [5, 5.41) is 1.89. The van der Waals surface area contributed by atoms with Crippen LogP contribution in [-0.4, -0.2) is 18.1 Å². The lowest BCUT2D eigenvalue weighted by Gasteiger charge is -2.25. The lowest BCUT2D eigenvalue weighted by Crippen LogP contribution is -2.47. The predicted octanol–water partition coefficient (Wildman–Crippen LogP) is 1.22. The van der Waals surface area contributed by atoms with E-state index in [4.69, 9.17) is 0 Å². The molecule has 0 aliphatic carbocycles. The van der Waals surface area contributed by atoms with Crippen molar-refractivity contribution in [3.8, 4) is 0 Å². The summed E-state index contributed by atoms with van der Waals surface area (Å²) < 4.78 is 35.7. The van der Waals surface area contributed by atoms with Gasteiger partial charge >= 0.3 is 6.18 Å². The van der Waals surface area contributed by atoms with Crippen molar-refractivity contribution < 1.29 is 18.0 Å². The number of halogens is 3. The van der Waals surface area contributed by atoms with Crippen molar-refractivity contribution in [3.63, 3.8) is 0 Å². The van der Waals surface area contributed by atoms with Crippen molar-refractivity contribution in [1.29, 1.82) is 0 Å². The molecule has 1 atom stereocenters. The van der Waals surface area contributed by atoms with E-state index in [-0.39, 0.29) is 12.8 Å². The normalized spacial score (nSPS) is 26.5. The van der Waals surface area contributed by atoms with Crippen molar-refractivity contribution in [2.75, 3.05) is 0 Å².